The normalized spacial score (nSPS) is 9.29. The van der Waals surface area contributed by atoms with Gasteiger partial charge in [-0.3, -0.25) is 4.79 Å². The number of benzene rings is 2. The molecule has 110 valence electrons. The summed E-state index contributed by atoms with van der Waals surface area (Å²) in [6.45, 7) is 4.00. The predicted molar refractivity (Wildman–Crippen MR) is 86.8 cm³/mol. The van der Waals surface area contributed by atoms with Gasteiger partial charge in [-0.1, -0.05) is 48.0 Å². The van der Waals surface area contributed by atoms with Crippen molar-refractivity contribution in [2.75, 3.05) is 5.32 Å². The summed E-state index contributed by atoms with van der Waals surface area (Å²) < 4.78 is 0.641. The molecule has 5 heteroatoms. The third-order valence-corrected chi connectivity index (χ3v) is 2.99. The number of carboxylic acid groups (broad SMARTS) is 1. The molecular formula is C16H16BrNO3. The monoisotopic (exact) mass is 349 g/mol. The van der Waals surface area contributed by atoms with Gasteiger partial charge < -0.3 is 10.4 Å². The van der Waals surface area contributed by atoms with Crippen molar-refractivity contribution in [1.82, 2.24) is 0 Å². The Morgan fingerprint density at radius 1 is 1.05 bits per heavy atom. The maximum Gasteiger partial charge on any atom is 0.337 e. The second-order valence-corrected chi connectivity index (χ2v) is 4.73. The summed E-state index contributed by atoms with van der Waals surface area (Å²) in [5.74, 6) is -1.44. The van der Waals surface area contributed by atoms with Crippen LogP contribution in [-0.2, 0) is 0 Å². The highest BCUT2D eigenvalue weighted by Gasteiger charge is 2.13. The van der Waals surface area contributed by atoms with E-state index in [0.29, 0.717) is 10.0 Å². The van der Waals surface area contributed by atoms with Gasteiger partial charge in [-0.2, -0.15) is 0 Å². The van der Waals surface area contributed by atoms with Gasteiger partial charge in [0.15, 0.2) is 0 Å². The maximum absolute atomic E-state index is 12.0. The molecule has 0 aromatic heterocycles. The molecule has 0 aliphatic carbocycles. The number of carboxylic acids is 1. The fourth-order valence-electron chi connectivity index (χ4n) is 1.59. The molecule has 0 spiro atoms. The molecule has 1 amide bonds. The third-order valence-electron chi connectivity index (χ3n) is 2.50. The molecule has 4 nitrogen and oxygen atoms in total. The minimum atomic E-state index is -1.09. The lowest BCUT2D eigenvalue weighted by Gasteiger charge is -2.08. The summed E-state index contributed by atoms with van der Waals surface area (Å²) in [5, 5.41) is 11.7. The van der Waals surface area contributed by atoms with Crippen LogP contribution >= 0.6 is 15.9 Å². The van der Waals surface area contributed by atoms with E-state index in [1.54, 1.807) is 42.5 Å². The fraction of sp³-hybridized carbons (Fsp3) is 0.125. The summed E-state index contributed by atoms with van der Waals surface area (Å²) in [5.41, 5.74) is 0.782. The number of anilines is 1. The van der Waals surface area contributed by atoms with Crippen LogP contribution in [0.2, 0.25) is 0 Å². The molecule has 2 aromatic carbocycles. The summed E-state index contributed by atoms with van der Waals surface area (Å²) in [7, 11) is 0. The number of carbonyl (C=O) groups is 2. The highest BCUT2D eigenvalue weighted by Crippen LogP contribution is 2.21. The van der Waals surface area contributed by atoms with E-state index in [4.69, 9.17) is 5.11 Å². The van der Waals surface area contributed by atoms with Crippen molar-refractivity contribution < 1.29 is 14.7 Å². The Kier molecular flexibility index (Phi) is 6.62. The molecule has 0 atom stereocenters. The van der Waals surface area contributed by atoms with Crippen molar-refractivity contribution in [1.29, 1.82) is 0 Å². The first kappa shape index (κ1) is 16.9. The smallest absolute Gasteiger partial charge is 0.337 e. The highest BCUT2D eigenvalue weighted by atomic mass is 79.9. The molecule has 0 aliphatic rings. The Hall–Kier alpha value is -2.14. The van der Waals surface area contributed by atoms with E-state index in [1.165, 1.54) is 6.07 Å². The Morgan fingerprint density at radius 3 is 2.24 bits per heavy atom. The highest BCUT2D eigenvalue weighted by molar-refractivity contribution is 9.10. The maximum atomic E-state index is 12.0. The molecule has 0 bridgehead atoms. The number of hydrogen-bond acceptors (Lipinski definition) is 2. The van der Waals surface area contributed by atoms with Gasteiger partial charge in [0.05, 0.1) is 11.3 Å². The zero-order valence-electron chi connectivity index (χ0n) is 11.8. The molecule has 21 heavy (non-hydrogen) atoms. The standard InChI is InChI=1S/C14H10BrNO3.C2H6/c15-10-6-7-12(11(8-10)14(18)19)16-13(17)9-4-2-1-3-5-9;1-2/h1-8H,(H,16,17)(H,18,19);1-2H3. The summed E-state index contributed by atoms with van der Waals surface area (Å²) >= 11 is 3.20. The van der Waals surface area contributed by atoms with Crippen molar-refractivity contribution >= 4 is 33.5 Å². The zero-order valence-corrected chi connectivity index (χ0v) is 13.3. The van der Waals surface area contributed by atoms with E-state index in [2.05, 4.69) is 21.2 Å². The van der Waals surface area contributed by atoms with E-state index >= 15 is 0 Å². The molecule has 0 radical (unpaired) electrons. The topological polar surface area (TPSA) is 66.4 Å². The molecular weight excluding hydrogens is 334 g/mol. The van der Waals surface area contributed by atoms with Crippen molar-refractivity contribution in [3.05, 3.63) is 64.1 Å². The lowest BCUT2D eigenvalue weighted by Crippen LogP contribution is -2.14. The van der Waals surface area contributed by atoms with E-state index in [-0.39, 0.29) is 17.2 Å². The number of halogens is 1. The van der Waals surface area contributed by atoms with Crippen LogP contribution in [0.25, 0.3) is 0 Å². The number of rotatable bonds is 3. The predicted octanol–water partition coefficient (Wildman–Crippen LogP) is 4.43. The molecule has 0 fully saturated rings. The van der Waals surface area contributed by atoms with E-state index < -0.39 is 5.97 Å². The van der Waals surface area contributed by atoms with Crippen LogP contribution < -0.4 is 5.32 Å². The first-order valence-electron chi connectivity index (χ1n) is 6.47. The fourth-order valence-corrected chi connectivity index (χ4v) is 1.95. The van der Waals surface area contributed by atoms with E-state index in [9.17, 15) is 9.59 Å². The first-order valence-corrected chi connectivity index (χ1v) is 7.26. The number of amides is 1. The van der Waals surface area contributed by atoms with Crippen LogP contribution in [0.4, 0.5) is 5.69 Å². The van der Waals surface area contributed by atoms with Gasteiger partial charge in [0.25, 0.3) is 5.91 Å². The molecule has 0 unspecified atom stereocenters. The second-order valence-electron chi connectivity index (χ2n) is 3.82. The number of carbonyl (C=O) groups excluding carboxylic acids is 1. The first-order chi connectivity index (χ1) is 10.1. The number of aromatic carboxylic acids is 1. The minimum Gasteiger partial charge on any atom is -0.478 e. The van der Waals surface area contributed by atoms with Gasteiger partial charge in [-0.25, -0.2) is 4.79 Å². The van der Waals surface area contributed by atoms with Gasteiger partial charge in [0, 0.05) is 10.0 Å². The number of nitrogens with one attached hydrogen (secondary N) is 1. The number of hydrogen-bond donors (Lipinski definition) is 2. The Labute approximate surface area is 131 Å². The Balaban J connectivity index is 0.00000106. The zero-order chi connectivity index (χ0) is 15.8. The molecule has 2 N–H and O–H groups in total. The lowest BCUT2D eigenvalue weighted by molar-refractivity contribution is 0.0698. The third kappa shape index (κ3) is 4.72. The van der Waals surface area contributed by atoms with Crippen LogP contribution in [0.3, 0.4) is 0 Å². The summed E-state index contributed by atoms with van der Waals surface area (Å²) in [4.78, 5) is 23.1. The molecule has 0 aliphatic heterocycles. The van der Waals surface area contributed by atoms with Crippen molar-refractivity contribution in [3.63, 3.8) is 0 Å². The summed E-state index contributed by atoms with van der Waals surface area (Å²) in [6.07, 6.45) is 0. The van der Waals surface area contributed by atoms with Crippen molar-refractivity contribution in [2.45, 2.75) is 13.8 Å². The molecule has 2 rings (SSSR count). The average Bonchev–Trinajstić information content (AvgIpc) is 2.51. The second kappa shape index (κ2) is 8.21. The van der Waals surface area contributed by atoms with Crippen LogP contribution in [-0.4, -0.2) is 17.0 Å². The van der Waals surface area contributed by atoms with E-state index in [1.807, 2.05) is 13.8 Å². The van der Waals surface area contributed by atoms with Crippen LogP contribution in [0.15, 0.2) is 53.0 Å². The Bertz CT molecular complexity index is 627. The average molecular weight is 350 g/mol. The van der Waals surface area contributed by atoms with Gasteiger partial charge in [-0.05, 0) is 30.3 Å². The minimum absolute atomic E-state index is 0.0404. The molecule has 0 saturated heterocycles. The molecule has 0 heterocycles. The van der Waals surface area contributed by atoms with Crippen molar-refractivity contribution in [2.24, 2.45) is 0 Å². The van der Waals surface area contributed by atoms with Gasteiger partial charge >= 0.3 is 5.97 Å². The van der Waals surface area contributed by atoms with Gasteiger partial charge in [0.2, 0.25) is 0 Å². The van der Waals surface area contributed by atoms with E-state index in [0.717, 1.165) is 0 Å². The van der Waals surface area contributed by atoms with Crippen molar-refractivity contribution in [3.8, 4) is 0 Å². The largest absolute Gasteiger partial charge is 0.478 e. The van der Waals surface area contributed by atoms with Gasteiger partial charge in [0.1, 0.15) is 0 Å². The van der Waals surface area contributed by atoms with Crippen LogP contribution in [0.5, 0.6) is 0 Å². The molecule has 0 saturated carbocycles. The lowest BCUT2D eigenvalue weighted by atomic mass is 10.1. The molecule has 2 aromatic rings. The summed E-state index contributed by atoms with van der Waals surface area (Å²) in [6, 6.07) is 13.3. The SMILES string of the molecule is CC.O=C(Nc1ccc(Br)cc1C(=O)O)c1ccccc1. The quantitative estimate of drug-likeness (QED) is 0.861. The van der Waals surface area contributed by atoms with Crippen LogP contribution in [0, 0.1) is 0 Å². The van der Waals surface area contributed by atoms with Crippen LogP contribution in [0.1, 0.15) is 34.6 Å². The van der Waals surface area contributed by atoms with Gasteiger partial charge in [-0.15, -0.1) is 0 Å². The Morgan fingerprint density at radius 2 is 1.67 bits per heavy atom.